The summed E-state index contributed by atoms with van der Waals surface area (Å²) in [6, 6.07) is 14.6. The lowest BCUT2D eigenvalue weighted by Crippen LogP contribution is -2.44. The Morgan fingerprint density at radius 3 is 2.21 bits per heavy atom. The molecule has 2 aromatic rings. The Bertz CT molecular complexity index is 998. The SMILES string of the molecule is Cc1ccc(N=Nc2ccc(NC(=O)[C@H]3[C@@H](C(=O)O)[C@H]4C=C[C@@]3(C)O4)cc2)cc1. The number of benzene rings is 2. The zero-order valence-electron chi connectivity index (χ0n) is 16.1. The van der Waals surface area contributed by atoms with Gasteiger partial charge < -0.3 is 15.2 Å². The van der Waals surface area contributed by atoms with E-state index in [1.807, 2.05) is 31.2 Å². The number of carboxylic acids is 1. The molecule has 2 aliphatic rings. The summed E-state index contributed by atoms with van der Waals surface area (Å²) in [6.45, 7) is 3.75. The zero-order chi connectivity index (χ0) is 20.6. The molecule has 2 heterocycles. The van der Waals surface area contributed by atoms with Gasteiger partial charge in [0.05, 0.1) is 29.0 Å². The Kier molecular flexibility index (Phi) is 4.76. The van der Waals surface area contributed by atoms with Crippen molar-refractivity contribution in [1.29, 1.82) is 0 Å². The second-order valence-electron chi connectivity index (χ2n) is 7.54. The van der Waals surface area contributed by atoms with Crippen molar-refractivity contribution in [3.05, 3.63) is 66.2 Å². The van der Waals surface area contributed by atoms with Crippen molar-refractivity contribution in [2.75, 3.05) is 5.32 Å². The van der Waals surface area contributed by atoms with Crippen LogP contribution < -0.4 is 5.32 Å². The third-order valence-electron chi connectivity index (χ3n) is 5.35. The van der Waals surface area contributed by atoms with Crippen LogP contribution in [0, 0.1) is 18.8 Å². The van der Waals surface area contributed by atoms with Gasteiger partial charge in [0.25, 0.3) is 0 Å². The van der Waals surface area contributed by atoms with Crippen molar-refractivity contribution < 1.29 is 19.4 Å². The highest BCUT2D eigenvalue weighted by Crippen LogP contribution is 2.47. The van der Waals surface area contributed by atoms with E-state index >= 15 is 0 Å². The normalized spacial score (nSPS) is 27.4. The van der Waals surface area contributed by atoms with E-state index in [1.165, 1.54) is 0 Å². The fourth-order valence-corrected chi connectivity index (χ4v) is 3.84. The number of carbonyl (C=O) groups is 2. The number of rotatable bonds is 5. The van der Waals surface area contributed by atoms with E-state index < -0.39 is 29.5 Å². The van der Waals surface area contributed by atoms with Crippen LogP contribution in [0.15, 0.2) is 70.9 Å². The Labute approximate surface area is 168 Å². The maximum Gasteiger partial charge on any atom is 0.310 e. The predicted molar refractivity (Wildman–Crippen MR) is 107 cm³/mol. The number of anilines is 1. The highest BCUT2D eigenvalue weighted by molar-refractivity contribution is 5.97. The first kappa shape index (κ1) is 19.0. The van der Waals surface area contributed by atoms with Gasteiger partial charge in [-0.05, 0) is 50.2 Å². The second kappa shape index (κ2) is 7.25. The van der Waals surface area contributed by atoms with Crippen LogP contribution in [0.4, 0.5) is 17.1 Å². The molecule has 2 aromatic carbocycles. The third-order valence-corrected chi connectivity index (χ3v) is 5.35. The molecule has 7 nitrogen and oxygen atoms in total. The second-order valence-corrected chi connectivity index (χ2v) is 7.54. The van der Waals surface area contributed by atoms with Gasteiger partial charge >= 0.3 is 5.97 Å². The summed E-state index contributed by atoms with van der Waals surface area (Å²) in [6.07, 6.45) is 2.92. The maximum atomic E-state index is 12.8. The number of amides is 1. The molecule has 2 aliphatic heterocycles. The number of carbonyl (C=O) groups excluding carboxylic acids is 1. The minimum Gasteiger partial charge on any atom is -0.481 e. The van der Waals surface area contributed by atoms with E-state index in [0.29, 0.717) is 11.4 Å². The van der Waals surface area contributed by atoms with Crippen molar-refractivity contribution in [2.45, 2.75) is 25.6 Å². The molecule has 148 valence electrons. The minimum atomic E-state index is -1.03. The summed E-state index contributed by atoms with van der Waals surface area (Å²) < 4.78 is 5.73. The largest absolute Gasteiger partial charge is 0.481 e. The lowest BCUT2D eigenvalue weighted by atomic mass is 9.75. The van der Waals surface area contributed by atoms with Gasteiger partial charge in [-0.15, -0.1) is 0 Å². The summed E-state index contributed by atoms with van der Waals surface area (Å²) in [7, 11) is 0. The van der Waals surface area contributed by atoms with Gasteiger partial charge in [0.1, 0.15) is 5.92 Å². The molecule has 1 amide bonds. The monoisotopic (exact) mass is 391 g/mol. The molecule has 7 heteroatoms. The van der Waals surface area contributed by atoms with Crippen molar-refractivity contribution in [3.8, 4) is 0 Å². The molecule has 4 atom stereocenters. The Hall–Kier alpha value is -3.32. The van der Waals surface area contributed by atoms with Crippen molar-refractivity contribution in [2.24, 2.45) is 22.1 Å². The van der Waals surface area contributed by atoms with Gasteiger partial charge in [-0.1, -0.05) is 29.8 Å². The van der Waals surface area contributed by atoms with E-state index in [1.54, 1.807) is 43.3 Å². The van der Waals surface area contributed by atoms with Crippen LogP contribution in [0.25, 0.3) is 0 Å². The van der Waals surface area contributed by atoms with E-state index in [9.17, 15) is 14.7 Å². The summed E-state index contributed by atoms with van der Waals surface area (Å²) >= 11 is 0. The molecule has 0 radical (unpaired) electrons. The summed E-state index contributed by atoms with van der Waals surface area (Å²) in [5.41, 5.74) is 2.21. The van der Waals surface area contributed by atoms with Crippen LogP contribution in [0.1, 0.15) is 12.5 Å². The van der Waals surface area contributed by atoms with Crippen LogP contribution in [0.5, 0.6) is 0 Å². The van der Waals surface area contributed by atoms with E-state index in [4.69, 9.17) is 4.74 Å². The lowest BCUT2D eigenvalue weighted by molar-refractivity contribution is -0.146. The van der Waals surface area contributed by atoms with Gasteiger partial charge in [-0.25, -0.2) is 0 Å². The predicted octanol–water partition coefficient (Wildman–Crippen LogP) is 4.39. The van der Waals surface area contributed by atoms with Crippen LogP contribution in [-0.2, 0) is 14.3 Å². The molecule has 0 unspecified atom stereocenters. The standard InChI is InChI=1S/C22H21N3O4/c1-13-3-5-15(6-4-13)24-25-16-9-7-14(8-10-16)23-20(26)19-18(21(27)28)17-11-12-22(19,2)29-17/h3-12,17-19H,1-2H3,(H,23,26)(H,27,28)/t17-,18+,19-,22-/m1/s1. The molecule has 1 fully saturated rings. The first-order valence-electron chi connectivity index (χ1n) is 9.35. The molecule has 2 N–H and O–H groups in total. The first-order valence-corrected chi connectivity index (χ1v) is 9.35. The number of aliphatic carboxylic acids is 1. The number of nitrogens with one attached hydrogen (secondary N) is 1. The van der Waals surface area contributed by atoms with Gasteiger partial charge in [0.15, 0.2) is 0 Å². The minimum absolute atomic E-state index is 0.374. The van der Waals surface area contributed by atoms with Gasteiger partial charge in [0, 0.05) is 5.69 Å². The van der Waals surface area contributed by atoms with E-state index in [-0.39, 0.29) is 5.91 Å². The molecule has 0 spiro atoms. The fraction of sp³-hybridized carbons (Fsp3) is 0.273. The van der Waals surface area contributed by atoms with Crippen LogP contribution in [0.3, 0.4) is 0 Å². The van der Waals surface area contributed by atoms with Crippen molar-refractivity contribution in [1.82, 2.24) is 0 Å². The molecular formula is C22H21N3O4. The van der Waals surface area contributed by atoms with Crippen molar-refractivity contribution >= 4 is 28.9 Å². The Morgan fingerprint density at radius 1 is 1.03 bits per heavy atom. The summed E-state index contributed by atoms with van der Waals surface area (Å²) in [5, 5.41) is 20.7. The highest BCUT2D eigenvalue weighted by atomic mass is 16.5. The fourth-order valence-electron chi connectivity index (χ4n) is 3.84. The average molecular weight is 391 g/mol. The van der Waals surface area contributed by atoms with E-state index in [2.05, 4.69) is 15.5 Å². The van der Waals surface area contributed by atoms with Crippen LogP contribution >= 0.6 is 0 Å². The topological polar surface area (TPSA) is 100 Å². The van der Waals surface area contributed by atoms with Crippen molar-refractivity contribution in [3.63, 3.8) is 0 Å². The van der Waals surface area contributed by atoms with E-state index in [0.717, 1.165) is 11.3 Å². The van der Waals surface area contributed by atoms with Crippen LogP contribution in [-0.4, -0.2) is 28.7 Å². The lowest BCUT2D eigenvalue weighted by Gasteiger charge is -2.27. The molecule has 2 bridgehead atoms. The number of hydrogen-bond acceptors (Lipinski definition) is 5. The highest BCUT2D eigenvalue weighted by Gasteiger charge is 2.59. The van der Waals surface area contributed by atoms with Gasteiger partial charge in [-0.2, -0.15) is 10.2 Å². The average Bonchev–Trinajstić information content (AvgIpc) is 3.22. The Balaban J connectivity index is 1.45. The maximum absolute atomic E-state index is 12.8. The number of azo groups is 1. The molecular weight excluding hydrogens is 370 g/mol. The molecule has 1 saturated heterocycles. The number of aryl methyl sites for hydroxylation is 1. The molecule has 0 saturated carbocycles. The smallest absolute Gasteiger partial charge is 0.310 e. The molecule has 0 aromatic heterocycles. The quantitative estimate of drug-likeness (QED) is 0.583. The first-order chi connectivity index (χ1) is 13.9. The number of nitrogens with zero attached hydrogens (tertiary/aromatic N) is 2. The number of carboxylic acid groups (broad SMARTS) is 1. The zero-order valence-corrected chi connectivity index (χ0v) is 16.1. The molecule has 0 aliphatic carbocycles. The molecule has 29 heavy (non-hydrogen) atoms. The van der Waals surface area contributed by atoms with Crippen LogP contribution in [0.2, 0.25) is 0 Å². The number of ether oxygens (including phenoxy) is 1. The van der Waals surface area contributed by atoms with Gasteiger partial charge in [-0.3, -0.25) is 9.59 Å². The number of hydrogen-bond donors (Lipinski definition) is 2. The summed E-state index contributed by atoms with van der Waals surface area (Å²) in [4.78, 5) is 24.5. The molecule has 4 rings (SSSR count). The summed E-state index contributed by atoms with van der Waals surface area (Å²) in [5.74, 6) is -3.10. The Morgan fingerprint density at radius 2 is 1.62 bits per heavy atom. The number of fused-ring (bicyclic) bond motifs is 2. The third kappa shape index (κ3) is 3.69. The van der Waals surface area contributed by atoms with Gasteiger partial charge in [0.2, 0.25) is 5.91 Å².